The molecule has 4 saturated carbocycles. The molecule has 0 bridgehead atoms. The topological polar surface area (TPSA) is 28.0 Å². The van der Waals surface area contributed by atoms with E-state index in [1.54, 1.807) is 0 Å². The standard InChI is InChI=1S/C28H41N3/c1-27-17-6-5-7-21(27)10-13-23-24-14-15-26(28(24,2)18-16-25(23)27)30-29-19-20-8-11-22(12-9-20)31(3)4/h8-9,11-12,19,21,23-25H,5-7,10,13-18H2,1-4H3. The van der Waals surface area contributed by atoms with Gasteiger partial charge in [0.15, 0.2) is 0 Å². The molecule has 0 aliphatic heterocycles. The molecule has 6 atom stereocenters. The number of hydrogen-bond acceptors (Lipinski definition) is 3. The van der Waals surface area contributed by atoms with Crippen molar-refractivity contribution in [2.24, 2.45) is 44.7 Å². The van der Waals surface area contributed by atoms with Gasteiger partial charge in [0, 0.05) is 30.9 Å². The smallest absolute Gasteiger partial charge is 0.0568 e. The van der Waals surface area contributed by atoms with Crippen molar-refractivity contribution in [3.8, 4) is 0 Å². The molecule has 1 aromatic carbocycles. The Morgan fingerprint density at radius 3 is 2.48 bits per heavy atom. The zero-order valence-corrected chi connectivity index (χ0v) is 20.1. The van der Waals surface area contributed by atoms with Gasteiger partial charge in [0.1, 0.15) is 0 Å². The molecule has 0 N–H and O–H groups in total. The average Bonchev–Trinajstić information content (AvgIpc) is 3.10. The second-order valence-corrected chi connectivity index (χ2v) is 11.7. The van der Waals surface area contributed by atoms with Gasteiger partial charge in [-0.25, -0.2) is 0 Å². The van der Waals surface area contributed by atoms with Gasteiger partial charge in [-0.15, -0.1) is 0 Å². The molecule has 0 radical (unpaired) electrons. The third-order valence-electron chi connectivity index (χ3n) is 10.1. The summed E-state index contributed by atoms with van der Waals surface area (Å²) in [6.07, 6.45) is 16.1. The van der Waals surface area contributed by atoms with Gasteiger partial charge in [0.05, 0.1) is 6.21 Å². The van der Waals surface area contributed by atoms with E-state index < -0.39 is 0 Å². The van der Waals surface area contributed by atoms with E-state index in [0.29, 0.717) is 5.41 Å². The molecule has 4 aliphatic rings. The number of fused-ring (bicyclic) bond motifs is 5. The number of benzene rings is 1. The first-order chi connectivity index (χ1) is 14.9. The summed E-state index contributed by atoms with van der Waals surface area (Å²) < 4.78 is 0. The van der Waals surface area contributed by atoms with E-state index in [2.05, 4.69) is 62.2 Å². The Morgan fingerprint density at radius 2 is 1.71 bits per heavy atom. The molecule has 1 aromatic rings. The highest BCUT2D eigenvalue weighted by Gasteiger charge is 2.58. The Hall–Kier alpha value is -1.64. The average molecular weight is 420 g/mol. The van der Waals surface area contributed by atoms with Gasteiger partial charge in [-0.2, -0.15) is 10.2 Å². The van der Waals surface area contributed by atoms with Crippen molar-refractivity contribution in [3.63, 3.8) is 0 Å². The van der Waals surface area contributed by atoms with Crippen molar-refractivity contribution in [2.75, 3.05) is 19.0 Å². The molecule has 4 aliphatic carbocycles. The number of hydrogen-bond donors (Lipinski definition) is 0. The maximum atomic E-state index is 4.84. The lowest BCUT2D eigenvalue weighted by atomic mass is 9.45. The predicted octanol–water partition coefficient (Wildman–Crippen LogP) is 6.96. The Morgan fingerprint density at radius 1 is 0.903 bits per heavy atom. The van der Waals surface area contributed by atoms with E-state index in [0.717, 1.165) is 35.7 Å². The highest BCUT2D eigenvalue weighted by atomic mass is 15.2. The van der Waals surface area contributed by atoms with Crippen molar-refractivity contribution in [3.05, 3.63) is 29.8 Å². The maximum Gasteiger partial charge on any atom is 0.0568 e. The minimum absolute atomic E-state index is 0.283. The van der Waals surface area contributed by atoms with Crippen LogP contribution in [0.25, 0.3) is 0 Å². The largest absolute Gasteiger partial charge is 0.378 e. The van der Waals surface area contributed by atoms with Crippen LogP contribution in [0.15, 0.2) is 34.5 Å². The summed E-state index contributed by atoms with van der Waals surface area (Å²) in [4.78, 5) is 2.12. The predicted molar refractivity (Wildman–Crippen MR) is 132 cm³/mol. The monoisotopic (exact) mass is 419 g/mol. The van der Waals surface area contributed by atoms with Crippen LogP contribution >= 0.6 is 0 Å². The normalized spacial score (nSPS) is 41.1. The van der Waals surface area contributed by atoms with Crippen molar-refractivity contribution in [2.45, 2.75) is 78.1 Å². The quantitative estimate of drug-likeness (QED) is 0.384. The first kappa shape index (κ1) is 21.2. The van der Waals surface area contributed by atoms with E-state index >= 15 is 0 Å². The van der Waals surface area contributed by atoms with Gasteiger partial charge < -0.3 is 4.90 Å². The molecule has 0 amide bonds. The fourth-order valence-electron chi connectivity index (χ4n) is 8.27. The summed E-state index contributed by atoms with van der Waals surface area (Å²) in [6.45, 7) is 5.20. The van der Waals surface area contributed by atoms with Gasteiger partial charge >= 0.3 is 0 Å². The zero-order chi connectivity index (χ0) is 21.6. The Bertz CT molecular complexity index is 854. The third kappa shape index (κ3) is 3.56. The van der Waals surface area contributed by atoms with Crippen LogP contribution in [0.3, 0.4) is 0 Å². The van der Waals surface area contributed by atoms with E-state index in [-0.39, 0.29) is 5.41 Å². The summed E-state index contributed by atoms with van der Waals surface area (Å²) in [5.74, 6) is 3.72. The van der Waals surface area contributed by atoms with Gasteiger partial charge in [-0.1, -0.05) is 38.8 Å². The number of rotatable bonds is 3. The minimum Gasteiger partial charge on any atom is -0.378 e. The van der Waals surface area contributed by atoms with Crippen LogP contribution in [0, 0.1) is 34.5 Å². The Balaban J connectivity index is 1.32. The van der Waals surface area contributed by atoms with Gasteiger partial charge in [-0.3, -0.25) is 0 Å². The van der Waals surface area contributed by atoms with Crippen molar-refractivity contribution in [1.29, 1.82) is 0 Å². The molecule has 0 aromatic heterocycles. The van der Waals surface area contributed by atoms with Crippen LogP contribution in [-0.2, 0) is 0 Å². The maximum absolute atomic E-state index is 4.84. The first-order valence-electron chi connectivity index (χ1n) is 12.8. The van der Waals surface area contributed by atoms with Crippen molar-refractivity contribution >= 4 is 17.6 Å². The van der Waals surface area contributed by atoms with Crippen LogP contribution in [-0.4, -0.2) is 26.0 Å². The molecular formula is C28H41N3. The van der Waals surface area contributed by atoms with E-state index in [1.165, 1.54) is 69.2 Å². The fraction of sp³-hybridized carbons (Fsp3) is 0.714. The van der Waals surface area contributed by atoms with Gasteiger partial charge in [0.2, 0.25) is 0 Å². The lowest BCUT2D eigenvalue weighted by Crippen LogP contribution is -2.52. The molecule has 5 rings (SSSR count). The SMILES string of the molecule is CN(C)c1ccc(C=NN=C2CCC3C4CCC5CCCCC5(C)C4CCC23C)cc1. The number of anilines is 1. The second kappa shape index (κ2) is 8.05. The Kier molecular flexibility index (Phi) is 5.51. The van der Waals surface area contributed by atoms with Crippen molar-refractivity contribution in [1.82, 2.24) is 0 Å². The zero-order valence-electron chi connectivity index (χ0n) is 20.1. The van der Waals surface area contributed by atoms with E-state index in [1.807, 2.05) is 6.21 Å². The molecule has 3 heteroatoms. The van der Waals surface area contributed by atoms with Gasteiger partial charge in [-0.05, 0) is 98.1 Å². The third-order valence-corrected chi connectivity index (χ3v) is 10.1. The fourth-order valence-corrected chi connectivity index (χ4v) is 8.27. The summed E-state index contributed by atoms with van der Waals surface area (Å²) in [7, 11) is 4.14. The minimum atomic E-state index is 0.283. The van der Waals surface area contributed by atoms with Crippen LogP contribution in [0.5, 0.6) is 0 Å². The highest BCUT2D eigenvalue weighted by Crippen LogP contribution is 2.65. The summed E-state index contributed by atoms with van der Waals surface area (Å²) in [5, 5.41) is 9.41. The van der Waals surface area contributed by atoms with Crippen LogP contribution in [0.2, 0.25) is 0 Å². The molecule has 0 heterocycles. The molecule has 6 unspecified atom stereocenters. The van der Waals surface area contributed by atoms with Gasteiger partial charge in [0.25, 0.3) is 0 Å². The lowest BCUT2D eigenvalue weighted by molar-refractivity contribution is -0.0936. The lowest BCUT2D eigenvalue weighted by Gasteiger charge is -2.59. The van der Waals surface area contributed by atoms with E-state index in [9.17, 15) is 0 Å². The van der Waals surface area contributed by atoms with Crippen molar-refractivity contribution < 1.29 is 0 Å². The first-order valence-corrected chi connectivity index (χ1v) is 12.8. The van der Waals surface area contributed by atoms with Crippen LogP contribution < -0.4 is 4.90 Å². The molecule has 4 fully saturated rings. The summed E-state index contributed by atoms with van der Waals surface area (Å²) in [6, 6.07) is 8.55. The molecule has 0 saturated heterocycles. The Labute approximate surface area is 189 Å². The van der Waals surface area contributed by atoms with Crippen LogP contribution in [0.4, 0.5) is 5.69 Å². The molecule has 168 valence electrons. The molecular weight excluding hydrogens is 378 g/mol. The molecule has 0 spiro atoms. The second-order valence-electron chi connectivity index (χ2n) is 11.7. The molecule has 31 heavy (non-hydrogen) atoms. The highest BCUT2D eigenvalue weighted by molar-refractivity contribution is 5.93. The summed E-state index contributed by atoms with van der Waals surface area (Å²) >= 11 is 0. The summed E-state index contributed by atoms with van der Waals surface area (Å²) in [5.41, 5.74) is 4.63. The number of nitrogens with zero attached hydrogens (tertiary/aromatic N) is 3. The van der Waals surface area contributed by atoms with Crippen LogP contribution in [0.1, 0.15) is 83.6 Å². The molecule has 3 nitrogen and oxygen atoms in total. The van der Waals surface area contributed by atoms with E-state index in [4.69, 9.17) is 5.10 Å².